The van der Waals surface area contributed by atoms with Gasteiger partial charge < -0.3 is 10.2 Å². The summed E-state index contributed by atoms with van der Waals surface area (Å²) in [6.07, 6.45) is 3.59. The van der Waals surface area contributed by atoms with Crippen LogP contribution in [0, 0.1) is 0 Å². The fourth-order valence-corrected chi connectivity index (χ4v) is 3.21. The van der Waals surface area contributed by atoms with Gasteiger partial charge >= 0.3 is 0 Å². The lowest BCUT2D eigenvalue weighted by atomic mass is 10.2. The molecule has 0 saturated heterocycles. The summed E-state index contributed by atoms with van der Waals surface area (Å²) < 4.78 is 1.12. The minimum absolute atomic E-state index is 0.0799. The van der Waals surface area contributed by atoms with Gasteiger partial charge in [-0.3, -0.25) is 0 Å². The van der Waals surface area contributed by atoms with Crippen LogP contribution in [0.2, 0.25) is 0 Å². The Morgan fingerprint density at radius 1 is 1.21 bits per heavy atom. The highest BCUT2D eigenvalue weighted by Crippen LogP contribution is 2.29. The lowest BCUT2D eigenvalue weighted by Crippen LogP contribution is -2.17. The minimum atomic E-state index is 0.0799. The summed E-state index contributed by atoms with van der Waals surface area (Å²) in [7, 11) is 0. The van der Waals surface area contributed by atoms with Gasteiger partial charge in [0.25, 0.3) is 0 Å². The molecule has 2 N–H and O–H groups in total. The number of phenols is 2. The molecule has 0 unspecified atom stereocenters. The standard InChI is InChI=1S/C18H19N3O2S/c1-2-3-10-21(18-20-15-6-4-5-7-17(15)24-18)19-12-13-11-14(22)8-9-16(13)23/h4-9,11-12,22-23H,2-3,10H2,1H3/b19-12+. The van der Waals surface area contributed by atoms with Gasteiger partial charge in [-0.1, -0.05) is 36.8 Å². The molecule has 6 heteroatoms. The Morgan fingerprint density at radius 2 is 2.04 bits per heavy atom. The lowest BCUT2D eigenvalue weighted by molar-refractivity contribution is 0.459. The van der Waals surface area contributed by atoms with Crippen molar-refractivity contribution in [1.82, 2.24) is 4.98 Å². The molecule has 3 rings (SSSR count). The van der Waals surface area contributed by atoms with Gasteiger partial charge in [0.1, 0.15) is 11.5 Å². The van der Waals surface area contributed by atoms with Crippen molar-refractivity contribution in [2.45, 2.75) is 19.8 Å². The van der Waals surface area contributed by atoms with Gasteiger partial charge in [-0.05, 0) is 36.8 Å². The summed E-state index contributed by atoms with van der Waals surface area (Å²) >= 11 is 1.59. The number of aromatic nitrogens is 1. The average molecular weight is 341 g/mol. The van der Waals surface area contributed by atoms with Gasteiger partial charge in [0, 0.05) is 12.1 Å². The monoisotopic (exact) mass is 341 g/mol. The Labute approximate surface area is 144 Å². The molecule has 24 heavy (non-hydrogen) atoms. The molecular weight excluding hydrogens is 322 g/mol. The van der Waals surface area contributed by atoms with Gasteiger partial charge in [-0.25, -0.2) is 9.99 Å². The summed E-state index contributed by atoms with van der Waals surface area (Å²) in [5.41, 5.74) is 1.42. The number of nitrogens with zero attached hydrogens (tertiary/aromatic N) is 3. The van der Waals surface area contributed by atoms with Crippen LogP contribution in [0.25, 0.3) is 10.2 Å². The first-order valence-corrected chi connectivity index (χ1v) is 8.68. The summed E-state index contributed by atoms with van der Waals surface area (Å²) in [4.78, 5) is 4.64. The predicted molar refractivity (Wildman–Crippen MR) is 99.2 cm³/mol. The molecule has 0 saturated carbocycles. The summed E-state index contributed by atoms with van der Waals surface area (Å²) in [5, 5.41) is 26.6. The van der Waals surface area contributed by atoms with E-state index in [9.17, 15) is 10.2 Å². The van der Waals surface area contributed by atoms with E-state index in [0.717, 1.165) is 34.7 Å². The van der Waals surface area contributed by atoms with Gasteiger partial charge in [-0.15, -0.1) is 0 Å². The highest BCUT2D eigenvalue weighted by atomic mass is 32.1. The van der Waals surface area contributed by atoms with Crippen LogP contribution in [0.5, 0.6) is 11.5 Å². The van der Waals surface area contributed by atoms with Crippen molar-refractivity contribution in [3.05, 3.63) is 48.0 Å². The molecule has 0 spiro atoms. The first-order valence-electron chi connectivity index (χ1n) is 7.86. The van der Waals surface area contributed by atoms with Crippen molar-refractivity contribution >= 4 is 32.9 Å². The number of hydrazone groups is 1. The molecule has 0 radical (unpaired) electrons. The maximum atomic E-state index is 9.87. The number of unbranched alkanes of at least 4 members (excludes halogenated alkanes) is 1. The van der Waals surface area contributed by atoms with Crippen LogP contribution >= 0.6 is 11.3 Å². The number of hydrogen-bond acceptors (Lipinski definition) is 6. The number of aromatic hydroxyl groups is 2. The van der Waals surface area contributed by atoms with Crippen LogP contribution in [0.1, 0.15) is 25.3 Å². The quantitative estimate of drug-likeness (QED) is 0.397. The number of fused-ring (bicyclic) bond motifs is 1. The van der Waals surface area contributed by atoms with Crippen LogP contribution in [-0.4, -0.2) is 28.0 Å². The van der Waals surface area contributed by atoms with E-state index in [1.807, 2.05) is 29.3 Å². The maximum absolute atomic E-state index is 9.87. The smallest absolute Gasteiger partial charge is 0.207 e. The van der Waals surface area contributed by atoms with Crippen molar-refractivity contribution in [1.29, 1.82) is 0 Å². The van der Waals surface area contributed by atoms with E-state index < -0.39 is 0 Å². The Kier molecular flexibility index (Phi) is 4.96. The van der Waals surface area contributed by atoms with E-state index >= 15 is 0 Å². The molecule has 1 aromatic heterocycles. The van der Waals surface area contributed by atoms with E-state index in [4.69, 9.17) is 0 Å². The molecule has 0 amide bonds. The van der Waals surface area contributed by atoms with Crippen LogP contribution in [0.4, 0.5) is 5.13 Å². The molecule has 0 aliphatic carbocycles. The molecule has 0 fully saturated rings. The van der Waals surface area contributed by atoms with E-state index in [0.29, 0.717) is 5.56 Å². The van der Waals surface area contributed by atoms with E-state index in [1.165, 1.54) is 18.2 Å². The average Bonchev–Trinajstić information content (AvgIpc) is 3.01. The minimum Gasteiger partial charge on any atom is -0.508 e. The van der Waals surface area contributed by atoms with E-state index in [1.54, 1.807) is 17.6 Å². The van der Waals surface area contributed by atoms with Crippen LogP contribution in [0.15, 0.2) is 47.6 Å². The zero-order valence-corrected chi connectivity index (χ0v) is 14.2. The molecule has 3 aromatic rings. The fraction of sp³-hybridized carbons (Fsp3) is 0.222. The van der Waals surface area contributed by atoms with Crippen molar-refractivity contribution < 1.29 is 10.2 Å². The van der Waals surface area contributed by atoms with Crippen LogP contribution < -0.4 is 5.01 Å². The summed E-state index contributed by atoms with van der Waals surface area (Å²) in [6.45, 7) is 2.87. The Balaban J connectivity index is 1.91. The summed E-state index contributed by atoms with van der Waals surface area (Å²) in [6, 6.07) is 12.4. The van der Waals surface area contributed by atoms with Crippen molar-refractivity contribution in [3.8, 4) is 11.5 Å². The Bertz CT molecular complexity index is 827. The van der Waals surface area contributed by atoms with Crippen LogP contribution in [0.3, 0.4) is 0 Å². The lowest BCUT2D eigenvalue weighted by Gasteiger charge is -2.15. The first-order chi connectivity index (χ1) is 11.7. The number of benzene rings is 2. The molecule has 0 aliphatic rings. The maximum Gasteiger partial charge on any atom is 0.207 e. The first kappa shape index (κ1) is 16.3. The normalized spacial score (nSPS) is 11.4. The summed E-state index contributed by atoms with van der Waals surface area (Å²) in [5.74, 6) is 0.172. The third-order valence-electron chi connectivity index (χ3n) is 3.57. The second-order valence-corrected chi connectivity index (χ2v) is 6.44. The number of thiazole rings is 1. The van der Waals surface area contributed by atoms with Gasteiger partial charge in [0.05, 0.1) is 16.4 Å². The topological polar surface area (TPSA) is 69.0 Å². The number of hydrogen-bond donors (Lipinski definition) is 2. The number of phenolic OH excluding ortho intramolecular Hbond substituents is 2. The Hall–Kier alpha value is -2.60. The number of rotatable bonds is 6. The van der Waals surface area contributed by atoms with Crippen LogP contribution in [-0.2, 0) is 0 Å². The predicted octanol–water partition coefficient (Wildman–Crippen LogP) is 4.35. The van der Waals surface area contributed by atoms with Crippen molar-refractivity contribution in [2.24, 2.45) is 5.10 Å². The van der Waals surface area contributed by atoms with Gasteiger partial charge in [0.2, 0.25) is 5.13 Å². The molecule has 0 aliphatic heterocycles. The zero-order chi connectivity index (χ0) is 16.9. The second kappa shape index (κ2) is 7.31. The Morgan fingerprint density at radius 3 is 2.83 bits per heavy atom. The highest BCUT2D eigenvalue weighted by Gasteiger charge is 2.11. The molecule has 5 nitrogen and oxygen atoms in total. The third kappa shape index (κ3) is 3.65. The fourth-order valence-electron chi connectivity index (χ4n) is 2.26. The molecule has 1 heterocycles. The number of para-hydroxylation sites is 1. The molecule has 124 valence electrons. The van der Waals surface area contributed by atoms with Gasteiger partial charge in [-0.2, -0.15) is 5.10 Å². The molecule has 0 bridgehead atoms. The van der Waals surface area contributed by atoms with E-state index in [-0.39, 0.29) is 11.5 Å². The largest absolute Gasteiger partial charge is 0.508 e. The van der Waals surface area contributed by atoms with E-state index in [2.05, 4.69) is 17.0 Å². The third-order valence-corrected chi connectivity index (χ3v) is 4.62. The molecule has 0 atom stereocenters. The van der Waals surface area contributed by atoms with Crippen molar-refractivity contribution in [3.63, 3.8) is 0 Å². The second-order valence-electron chi connectivity index (χ2n) is 5.43. The number of anilines is 1. The van der Waals surface area contributed by atoms with Gasteiger partial charge in [0.15, 0.2) is 0 Å². The highest BCUT2D eigenvalue weighted by molar-refractivity contribution is 7.22. The molecular formula is C18H19N3O2S. The molecule has 2 aromatic carbocycles. The van der Waals surface area contributed by atoms with Crippen molar-refractivity contribution in [2.75, 3.05) is 11.6 Å². The zero-order valence-electron chi connectivity index (χ0n) is 13.4. The SMILES string of the molecule is CCCCN(/N=C/c1cc(O)ccc1O)c1nc2ccccc2s1.